The van der Waals surface area contributed by atoms with Crippen LogP contribution in [0, 0.1) is 5.92 Å². The van der Waals surface area contributed by atoms with Crippen molar-refractivity contribution in [2.45, 2.75) is 26.3 Å². The van der Waals surface area contributed by atoms with Crippen LogP contribution < -0.4 is 15.0 Å². The van der Waals surface area contributed by atoms with Crippen LogP contribution in [0.5, 0.6) is 5.75 Å². The Balaban J connectivity index is 2.11. The molecule has 124 valence electrons. The Morgan fingerprint density at radius 3 is 2.78 bits per heavy atom. The molecule has 2 atom stereocenters. The first-order valence-corrected chi connectivity index (χ1v) is 7.49. The van der Waals surface area contributed by atoms with Crippen LogP contribution in [0.25, 0.3) is 0 Å². The van der Waals surface area contributed by atoms with E-state index in [1.165, 1.54) is 11.8 Å². The van der Waals surface area contributed by atoms with Gasteiger partial charge in [-0.2, -0.15) is 0 Å². The highest BCUT2D eigenvalue weighted by atomic mass is 16.5. The summed E-state index contributed by atoms with van der Waals surface area (Å²) in [6.07, 6.45) is 0.0542. The molecule has 0 aromatic heterocycles. The number of nitrogens with zero attached hydrogens (tertiary/aromatic N) is 1. The summed E-state index contributed by atoms with van der Waals surface area (Å²) < 4.78 is 5.52. The molecule has 1 aliphatic heterocycles. The zero-order valence-corrected chi connectivity index (χ0v) is 13.1. The lowest BCUT2D eigenvalue weighted by atomic mass is 10.1. The topological polar surface area (TPSA) is 95.9 Å². The molecule has 0 spiro atoms. The molecule has 0 radical (unpaired) electrons. The maximum Gasteiger partial charge on any atom is 0.325 e. The van der Waals surface area contributed by atoms with Crippen molar-refractivity contribution < 1.29 is 24.2 Å². The molecule has 2 rings (SSSR count). The van der Waals surface area contributed by atoms with Crippen LogP contribution >= 0.6 is 0 Å². The van der Waals surface area contributed by atoms with E-state index in [1.807, 2.05) is 13.0 Å². The van der Waals surface area contributed by atoms with Gasteiger partial charge < -0.3 is 20.1 Å². The highest BCUT2D eigenvalue weighted by Crippen LogP contribution is 2.33. The third-order valence-corrected chi connectivity index (χ3v) is 3.68. The van der Waals surface area contributed by atoms with Crippen molar-refractivity contribution >= 4 is 23.5 Å². The first kappa shape index (κ1) is 16.8. The Kier molecular flexibility index (Phi) is 5.20. The number of carboxylic acid groups (broad SMARTS) is 1. The molecule has 0 bridgehead atoms. The molecule has 2 amide bonds. The standard InChI is InChI=1S/C16H20N2O5/c1-3-23-13-7-5-4-6-12(13)18-9-11(8-14(18)19)15(20)17-10(2)16(21)22/h4-7,10-11H,3,8-9H2,1-2H3,(H,17,20)(H,21,22)/t10-,11?/m0/s1. The Hall–Kier alpha value is -2.57. The average Bonchev–Trinajstić information content (AvgIpc) is 2.90. The van der Waals surface area contributed by atoms with E-state index >= 15 is 0 Å². The minimum absolute atomic E-state index is 0.0542. The predicted molar refractivity (Wildman–Crippen MR) is 83.3 cm³/mol. The van der Waals surface area contributed by atoms with Gasteiger partial charge in [-0.05, 0) is 26.0 Å². The number of rotatable bonds is 6. The van der Waals surface area contributed by atoms with E-state index in [1.54, 1.807) is 18.2 Å². The van der Waals surface area contributed by atoms with Crippen LogP contribution in [0.2, 0.25) is 0 Å². The lowest BCUT2D eigenvalue weighted by molar-refractivity contribution is -0.141. The van der Waals surface area contributed by atoms with Crippen LogP contribution in [0.3, 0.4) is 0 Å². The van der Waals surface area contributed by atoms with Crippen molar-refractivity contribution in [3.05, 3.63) is 24.3 Å². The Bertz CT molecular complexity index is 616. The fourth-order valence-electron chi connectivity index (χ4n) is 2.47. The van der Waals surface area contributed by atoms with Gasteiger partial charge in [0.1, 0.15) is 11.8 Å². The number of hydrogen-bond donors (Lipinski definition) is 2. The second kappa shape index (κ2) is 7.13. The van der Waals surface area contributed by atoms with E-state index in [9.17, 15) is 14.4 Å². The van der Waals surface area contributed by atoms with Crippen LogP contribution in [-0.4, -0.2) is 42.1 Å². The van der Waals surface area contributed by atoms with Gasteiger partial charge in [0, 0.05) is 13.0 Å². The smallest absolute Gasteiger partial charge is 0.325 e. The first-order valence-electron chi connectivity index (χ1n) is 7.49. The highest BCUT2D eigenvalue weighted by Gasteiger charge is 2.37. The number of aliphatic carboxylic acids is 1. The average molecular weight is 320 g/mol. The Labute approximate surface area is 134 Å². The second-order valence-corrected chi connectivity index (χ2v) is 5.37. The van der Waals surface area contributed by atoms with E-state index in [2.05, 4.69) is 5.32 Å². The van der Waals surface area contributed by atoms with E-state index < -0.39 is 23.8 Å². The summed E-state index contributed by atoms with van der Waals surface area (Å²) >= 11 is 0. The highest BCUT2D eigenvalue weighted by molar-refractivity contribution is 6.01. The third kappa shape index (κ3) is 3.80. The fraction of sp³-hybridized carbons (Fsp3) is 0.438. The van der Waals surface area contributed by atoms with E-state index in [-0.39, 0.29) is 18.9 Å². The molecule has 1 heterocycles. The number of nitrogens with one attached hydrogen (secondary N) is 1. The van der Waals surface area contributed by atoms with Gasteiger partial charge in [0.05, 0.1) is 18.2 Å². The van der Waals surface area contributed by atoms with Gasteiger partial charge in [-0.3, -0.25) is 14.4 Å². The molecule has 7 heteroatoms. The number of carbonyl (C=O) groups is 3. The number of carboxylic acids is 1. The van der Waals surface area contributed by atoms with Crippen LogP contribution in [-0.2, 0) is 14.4 Å². The maximum absolute atomic E-state index is 12.2. The summed E-state index contributed by atoms with van der Waals surface area (Å²) in [6.45, 7) is 3.92. The summed E-state index contributed by atoms with van der Waals surface area (Å²) in [7, 11) is 0. The molecule has 0 aliphatic carbocycles. The first-order chi connectivity index (χ1) is 10.9. The fourth-order valence-corrected chi connectivity index (χ4v) is 2.47. The quantitative estimate of drug-likeness (QED) is 0.816. The van der Waals surface area contributed by atoms with E-state index in [4.69, 9.17) is 9.84 Å². The molecule has 1 aromatic carbocycles. The van der Waals surface area contributed by atoms with Gasteiger partial charge >= 0.3 is 5.97 Å². The largest absolute Gasteiger partial charge is 0.492 e. The normalized spacial score (nSPS) is 18.6. The lowest BCUT2D eigenvalue weighted by Gasteiger charge is -2.20. The number of benzene rings is 1. The molecule has 7 nitrogen and oxygen atoms in total. The van der Waals surface area contributed by atoms with Crippen molar-refractivity contribution in [3.63, 3.8) is 0 Å². The number of para-hydroxylation sites is 2. The molecular formula is C16H20N2O5. The van der Waals surface area contributed by atoms with Crippen LogP contribution in [0.1, 0.15) is 20.3 Å². The van der Waals surface area contributed by atoms with Gasteiger partial charge in [0.25, 0.3) is 0 Å². The number of ether oxygens (including phenoxy) is 1. The minimum atomic E-state index is -1.11. The summed E-state index contributed by atoms with van der Waals surface area (Å²) in [6, 6.07) is 6.16. The molecule has 2 N–H and O–H groups in total. The van der Waals surface area contributed by atoms with Gasteiger partial charge in [-0.1, -0.05) is 12.1 Å². The summed E-state index contributed by atoms with van der Waals surface area (Å²) in [5.74, 6) is -1.70. The van der Waals surface area contributed by atoms with Crippen LogP contribution in [0.4, 0.5) is 5.69 Å². The van der Waals surface area contributed by atoms with Crippen molar-refractivity contribution in [2.24, 2.45) is 5.92 Å². The molecule has 23 heavy (non-hydrogen) atoms. The number of hydrogen-bond acceptors (Lipinski definition) is 4. The van der Waals surface area contributed by atoms with Gasteiger partial charge in [0.15, 0.2) is 0 Å². The van der Waals surface area contributed by atoms with Crippen LogP contribution in [0.15, 0.2) is 24.3 Å². The molecule has 0 saturated carbocycles. The van der Waals surface area contributed by atoms with Crippen molar-refractivity contribution in [3.8, 4) is 5.75 Å². The number of carbonyl (C=O) groups excluding carboxylic acids is 2. The SMILES string of the molecule is CCOc1ccccc1N1CC(C(=O)N[C@@H](C)C(=O)O)CC1=O. The maximum atomic E-state index is 12.2. The van der Waals surface area contributed by atoms with Gasteiger partial charge in [-0.15, -0.1) is 0 Å². The van der Waals surface area contributed by atoms with E-state index in [0.717, 1.165) is 0 Å². The lowest BCUT2D eigenvalue weighted by Crippen LogP contribution is -2.42. The Morgan fingerprint density at radius 1 is 1.43 bits per heavy atom. The van der Waals surface area contributed by atoms with E-state index in [0.29, 0.717) is 18.0 Å². The van der Waals surface area contributed by atoms with Crippen molar-refractivity contribution in [2.75, 3.05) is 18.1 Å². The van der Waals surface area contributed by atoms with Gasteiger partial charge in [-0.25, -0.2) is 0 Å². The molecule has 1 fully saturated rings. The zero-order chi connectivity index (χ0) is 17.0. The summed E-state index contributed by atoms with van der Waals surface area (Å²) in [5.41, 5.74) is 0.626. The molecule has 1 aliphatic rings. The minimum Gasteiger partial charge on any atom is -0.492 e. The van der Waals surface area contributed by atoms with Crippen molar-refractivity contribution in [1.82, 2.24) is 5.32 Å². The van der Waals surface area contributed by atoms with Crippen molar-refractivity contribution in [1.29, 1.82) is 0 Å². The monoisotopic (exact) mass is 320 g/mol. The zero-order valence-electron chi connectivity index (χ0n) is 13.1. The second-order valence-electron chi connectivity index (χ2n) is 5.37. The summed E-state index contributed by atoms with van der Waals surface area (Å²) in [4.78, 5) is 36.7. The molecular weight excluding hydrogens is 300 g/mol. The third-order valence-electron chi connectivity index (χ3n) is 3.68. The predicted octanol–water partition coefficient (Wildman–Crippen LogP) is 1.03. The van der Waals surface area contributed by atoms with Gasteiger partial charge in [0.2, 0.25) is 11.8 Å². The molecule has 1 unspecified atom stereocenters. The molecule has 1 aromatic rings. The number of anilines is 1. The molecule has 1 saturated heterocycles. The Morgan fingerprint density at radius 2 is 2.13 bits per heavy atom. The summed E-state index contributed by atoms with van der Waals surface area (Å²) in [5, 5.41) is 11.2. The number of amides is 2.